The summed E-state index contributed by atoms with van der Waals surface area (Å²) < 4.78 is 0. The fraction of sp³-hybridized carbons (Fsp3) is 1.00. The lowest BCUT2D eigenvalue weighted by molar-refractivity contribution is 0.321. The van der Waals surface area contributed by atoms with Crippen molar-refractivity contribution in [2.24, 2.45) is 0 Å². The standard InChI is InChI=1S/C9H19NOS/c1-10-8-4-2-3-5-9(8)12-7-6-11/h8-11H,2-7H2,1H3. The number of hydrogen-bond donors (Lipinski definition) is 2. The zero-order valence-electron chi connectivity index (χ0n) is 7.75. The van der Waals surface area contributed by atoms with Crippen LogP contribution in [0.3, 0.4) is 0 Å². The summed E-state index contributed by atoms with van der Waals surface area (Å²) in [5, 5.41) is 12.8. The van der Waals surface area contributed by atoms with E-state index in [0.717, 1.165) is 11.0 Å². The molecular weight excluding hydrogens is 170 g/mol. The first-order valence-corrected chi connectivity index (χ1v) is 5.83. The van der Waals surface area contributed by atoms with E-state index in [1.165, 1.54) is 25.7 Å². The maximum Gasteiger partial charge on any atom is 0.0521 e. The molecule has 0 aliphatic heterocycles. The van der Waals surface area contributed by atoms with Crippen molar-refractivity contribution in [3.05, 3.63) is 0 Å². The smallest absolute Gasteiger partial charge is 0.0521 e. The molecule has 72 valence electrons. The van der Waals surface area contributed by atoms with Gasteiger partial charge in [0.15, 0.2) is 0 Å². The average molecular weight is 189 g/mol. The van der Waals surface area contributed by atoms with Crippen LogP contribution in [0.5, 0.6) is 0 Å². The lowest BCUT2D eigenvalue weighted by Gasteiger charge is -2.30. The van der Waals surface area contributed by atoms with Gasteiger partial charge in [0.05, 0.1) is 6.61 Å². The quantitative estimate of drug-likeness (QED) is 0.698. The van der Waals surface area contributed by atoms with Gasteiger partial charge < -0.3 is 10.4 Å². The van der Waals surface area contributed by atoms with Crippen LogP contribution in [0, 0.1) is 0 Å². The Balaban J connectivity index is 2.26. The molecule has 1 rings (SSSR count). The number of rotatable bonds is 4. The fourth-order valence-corrected chi connectivity index (χ4v) is 3.08. The van der Waals surface area contributed by atoms with Crippen LogP contribution in [0.15, 0.2) is 0 Å². The molecule has 1 fully saturated rings. The predicted octanol–water partition coefficient (Wildman–Crippen LogP) is 1.24. The second-order valence-electron chi connectivity index (χ2n) is 3.31. The third kappa shape index (κ3) is 2.96. The third-order valence-corrected chi connectivity index (χ3v) is 3.91. The van der Waals surface area contributed by atoms with Gasteiger partial charge in [0.2, 0.25) is 0 Å². The summed E-state index contributed by atoms with van der Waals surface area (Å²) in [6.45, 7) is 0.317. The van der Waals surface area contributed by atoms with Crippen LogP contribution >= 0.6 is 11.8 Å². The van der Waals surface area contributed by atoms with E-state index in [2.05, 4.69) is 5.32 Å². The molecule has 3 heteroatoms. The molecule has 2 unspecified atom stereocenters. The molecule has 1 aliphatic carbocycles. The Morgan fingerprint density at radius 2 is 2.17 bits per heavy atom. The summed E-state index contributed by atoms with van der Waals surface area (Å²) in [5.41, 5.74) is 0. The summed E-state index contributed by atoms with van der Waals surface area (Å²) >= 11 is 1.92. The molecule has 2 N–H and O–H groups in total. The Morgan fingerprint density at radius 1 is 1.42 bits per heavy atom. The van der Waals surface area contributed by atoms with Crippen LogP contribution in [-0.4, -0.2) is 35.8 Å². The maximum atomic E-state index is 8.71. The molecule has 0 radical (unpaired) electrons. The molecule has 1 saturated carbocycles. The second kappa shape index (κ2) is 5.84. The first kappa shape index (κ1) is 10.4. The zero-order valence-corrected chi connectivity index (χ0v) is 8.57. The van der Waals surface area contributed by atoms with E-state index < -0.39 is 0 Å². The van der Waals surface area contributed by atoms with Crippen molar-refractivity contribution in [3.8, 4) is 0 Å². The van der Waals surface area contributed by atoms with Gasteiger partial charge in [-0.15, -0.1) is 0 Å². The van der Waals surface area contributed by atoms with Crippen LogP contribution in [0.25, 0.3) is 0 Å². The maximum absolute atomic E-state index is 8.71. The minimum atomic E-state index is 0.317. The Kier molecular flexibility index (Phi) is 5.04. The van der Waals surface area contributed by atoms with Gasteiger partial charge in [-0.25, -0.2) is 0 Å². The van der Waals surface area contributed by atoms with Crippen LogP contribution in [0.2, 0.25) is 0 Å². The van der Waals surface area contributed by atoms with Crippen LogP contribution in [0.4, 0.5) is 0 Å². The van der Waals surface area contributed by atoms with Gasteiger partial charge in [-0.05, 0) is 19.9 Å². The highest BCUT2D eigenvalue weighted by molar-refractivity contribution is 7.99. The molecule has 2 atom stereocenters. The fourth-order valence-electron chi connectivity index (χ4n) is 1.83. The Morgan fingerprint density at radius 3 is 2.83 bits per heavy atom. The van der Waals surface area contributed by atoms with E-state index in [1.54, 1.807) is 0 Å². The summed E-state index contributed by atoms with van der Waals surface area (Å²) in [4.78, 5) is 0. The lowest BCUT2D eigenvalue weighted by atomic mass is 9.95. The van der Waals surface area contributed by atoms with Gasteiger partial charge in [-0.1, -0.05) is 12.8 Å². The van der Waals surface area contributed by atoms with E-state index >= 15 is 0 Å². The summed E-state index contributed by atoms with van der Waals surface area (Å²) in [6, 6.07) is 0.676. The van der Waals surface area contributed by atoms with Gasteiger partial charge >= 0.3 is 0 Å². The molecule has 0 amide bonds. The molecule has 0 aromatic carbocycles. The Labute approximate surface area is 79.1 Å². The number of nitrogens with one attached hydrogen (secondary N) is 1. The summed E-state index contributed by atoms with van der Waals surface area (Å²) in [5.74, 6) is 0.892. The van der Waals surface area contributed by atoms with Gasteiger partial charge in [0, 0.05) is 17.0 Å². The highest BCUT2D eigenvalue weighted by atomic mass is 32.2. The Hall–Kier alpha value is 0.270. The molecule has 2 nitrogen and oxygen atoms in total. The number of hydrogen-bond acceptors (Lipinski definition) is 3. The minimum Gasteiger partial charge on any atom is -0.396 e. The summed E-state index contributed by atoms with van der Waals surface area (Å²) in [7, 11) is 2.04. The second-order valence-corrected chi connectivity index (χ2v) is 4.66. The molecule has 0 aromatic heterocycles. The van der Waals surface area contributed by atoms with Crippen LogP contribution in [0.1, 0.15) is 25.7 Å². The van der Waals surface area contributed by atoms with E-state index in [-0.39, 0.29) is 0 Å². The van der Waals surface area contributed by atoms with Gasteiger partial charge in [-0.3, -0.25) is 0 Å². The van der Waals surface area contributed by atoms with Gasteiger partial charge in [0.1, 0.15) is 0 Å². The van der Waals surface area contributed by atoms with Crippen molar-refractivity contribution in [3.63, 3.8) is 0 Å². The van der Waals surface area contributed by atoms with Crippen molar-refractivity contribution in [1.82, 2.24) is 5.32 Å². The number of aliphatic hydroxyl groups excluding tert-OH is 1. The van der Waals surface area contributed by atoms with Crippen LogP contribution in [-0.2, 0) is 0 Å². The topological polar surface area (TPSA) is 32.3 Å². The largest absolute Gasteiger partial charge is 0.396 e. The van der Waals surface area contributed by atoms with Crippen molar-refractivity contribution >= 4 is 11.8 Å². The van der Waals surface area contributed by atoms with E-state index in [0.29, 0.717) is 12.6 Å². The molecule has 0 spiro atoms. The van der Waals surface area contributed by atoms with Crippen LogP contribution < -0.4 is 5.32 Å². The molecule has 0 aromatic rings. The summed E-state index contributed by atoms with van der Waals surface area (Å²) in [6.07, 6.45) is 5.35. The van der Waals surface area contributed by atoms with Crippen molar-refractivity contribution in [2.75, 3.05) is 19.4 Å². The SMILES string of the molecule is CNC1CCCCC1SCCO. The van der Waals surface area contributed by atoms with Crippen molar-refractivity contribution in [2.45, 2.75) is 37.0 Å². The average Bonchev–Trinajstić information content (AvgIpc) is 2.15. The third-order valence-electron chi connectivity index (χ3n) is 2.50. The highest BCUT2D eigenvalue weighted by Gasteiger charge is 2.23. The van der Waals surface area contributed by atoms with Crippen molar-refractivity contribution in [1.29, 1.82) is 0 Å². The molecule has 0 bridgehead atoms. The van der Waals surface area contributed by atoms with Crippen molar-refractivity contribution < 1.29 is 5.11 Å². The predicted molar refractivity (Wildman–Crippen MR) is 54.6 cm³/mol. The molecular formula is C9H19NOS. The first-order chi connectivity index (χ1) is 5.88. The molecule has 0 heterocycles. The highest BCUT2D eigenvalue weighted by Crippen LogP contribution is 2.28. The lowest BCUT2D eigenvalue weighted by Crippen LogP contribution is -2.38. The molecule has 12 heavy (non-hydrogen) atoms. The minimum absolute atomic E-state index is 0.317. The molecule has 0 saturated heterocycles. The van der Waals surface area contributed by atoms with E-state index in [1.807, 2.05) is 18.8 Å². The number of aliphatic hydroxyl groups is 1. The van der Waals surface area contributed by atoms with Gasteiger partial charge in [0.25, 0.3) is 0 Å². The normalized spacial score (nSPS) is 30.5. The monoisotopic (exact) mass is 189 g/mol. The zero-order chi connectivity index (χ0) is 8.81. The van der Waals surface area contributed by atoms with E-state index in [9.17, 15) is 0 Å². The van der Waals surface area contributed by atoms with Gasteiger partial charge in [-0.2, -0.15) is 11.8 Å². The number of thioether (sulfide) groups is 1. The Bertz CT molecular complexity index is 121. The first-order valence-electron chi connectivity index (χ1n) is 4.78. The van der Waals surface area contributed by atoms with E-state index in [4.69, 9.17) is 5.11 Å². The molecule has 1 aliphatic rings.